The highest BCUT2D eigenvalue weighted by Crippen LogP contribution is 2.32. The molecule has 3 rings (SSSR count). The van der Waals surface area contributed by atoms with Crippen LogP contribution in [0, 0.1) is 17.0 Å². The second-order valence-electron chi connectivity index (χ2n) is 5.01. The third-order valence-corrected chi connectivity index (χ3v) is 4.32. The van der Waals surface area contributed by atoms with Crippen LogP contribution in [0.15, 0.2) is 42.0 Å². The van der Waals surface area contributed by atoms with Crippen LogP contribution in [0.1, 0.15) is 5.01 Å². The summed E-state index contributed by atoms with van der Waals surface area (Å²) in [5.74, 6) is -1.61. The Morgan fingerprint density at radius 1 is 1.39 bits per heavy atom. The lowest BCUT2D eigenvalue weighted by Crippen LogP contribution is -2.26. The summed E-state index contributed by atoms with van der Waals surface area (Å²) >= 11 is 1.24. The maximum atomic E-state index is 13.3. The highest BCUT2D eigenvalue weighted by Gasteiger charge is 2.29. The van der Waals surface area contributed by atoms with Crippen LogP contribution in [0.4, 0.5) is 8.78 Å². The summed E-state index contributed by atoms with van der Waals surface area (Å²) in [7, 11) is 0. The number of aromatic nitrogens is 1. The zero-order valence-electron chi connectivity index (χ0n) is 12.0. The summed E-state index contributed by atoms with van der Waals surface area (Å²) in [6, 6.07) is 3.56. The van der Waals surface area contributed by atoms with E-state index < -0.39 is 11.6 Å². The highest BCUT2D eigenvalue weighted by molar-refractivity contribution is 7.11. The minimum absolute atomic E-state index is 0.0723. The molecule has 0 atom stereocenters. The molecule has 0 amide bonds. The Morgan fingerprint density at radius 3 is 2.87 bits per heavy atom. The largest absolute Gasteiger partial charge is 0.510 e. The fourth-order valence-corrected chi connectivity index (χ4v) is 3.24. The van der Waals surface area contributed by atoms with E-state index in [2.05, 4.69) is 11.6 Å². The van der Waals surface area contributed by atoms with Crippen molar-refractivity contribution in [2.45, 2.75) is 0 Å². The average Bonchev–Trinajstić information content (AvgIpc) is 3.08. The minimum atomic E-state index is -0.940. The number of aliphatic hydroxyl groups is 1. The van der Waals surface area contributed by atoms with E-state index in [-0.39, 0.29) is 18.1 Å². The smallest absolute Gasteiger partial charge is 0.159 e. The summed E-state index contributed by atoms with van der Waals surface area (Å²) in [5, 5.41) is 20.4. The molecule has 0 aliphatic carbocycles. The number of amidine groups is 1. The monoisotopic (exact) mass is 333 g/mol. The van der Waals surface area contributed by atoms with E-state index in [1.807, 2.05) is 0 Å². The first-order valence-corrected chi connectivity index (χ1v) is 7.67. The summed E-state index contributed by atoms with van der Waals surface area (Å²) in [6.45, 7) is 4.31. The van der Waals surface area contributed by atoms with Gasteiger partial charge in [0.1, 0.15) is 16.6 Å². The second-order valence-corrected chi connectivity index (χ2v) is 5.86. The molecule has 0 unspecified atom stereocenters. The summed E-state index contributed by atoms with van der Waals surface area (Å²) in [6.07, 6.45) is 1.65. The van der Waals surface area contributed by atoms with Gasteiger partial charge in [0, 0.05) is 17.5 Å². The molecule has 0 saturated heterocycles. The predicted octanol–water partition coefficient (Wildman–Crippen LogP) is 3.84. The molecule has 0 fully saturated rings. The summed E-state index contributed by atoms with van der Waals surface area (Å²) in [4.78, 5) is 6.01. The molecule has 1 aromatic carbocycles. The second kappa shape index (κ2) is 5.92. The molecule has 1 aliphatic rings. The van der Waals surface area contributed by atoms with Crippen LogP contribution in [0.3, 0.4) is 0 Å². The molecule has 0 bridgehead atoms. The van der Waals surface area contributed by atoms with Crippen LogP contribution in [-0.4, -0.2) is 33.9 Å². The van der Waals surface area contributed by atoms with Crippen molar-refractivity contribution in [2.75, 3.05) is 13.1 Å². The number of benzene rings is 1. The summed E-state index contributed by atoms with van der Waals surface area (Å²) in [5.41, 5.74) is 1.28. The van der Waals surface area contributed by atoms with Crippen molar-refractivity contribution in [1.82, 2.24) is 9.88 Å². The normalized spacial score (nSPS) is 14.7. The number of rotatable bonds is 4. The van der Waals surface area contributed by atoms with E-state index in [4.69, 9.17) is 5.41 Å². The molecule has 2 heterocycles. The van der Waals surface area contributed by atoms with E-state index >= 15 is 0 Å². The molecular formula is C16H13F2N3OS. The molecule has 4 nitrogen and oxygen atoms in total. The van der Waals surface area contributed by atoms with E-state index in [1.54, 1.807) is 16.4 Å². The standard InChI is InChI=1S/C16H13F2N3OS/c1-2-5-21-7-13(22)14(15(21)19)16-20-12(8-23-16)9-3-4-10(17)11(18)6-9/h2-4,6,8,19,22H,1,5,7H2. The van der Waals surface area contributed by atoms with Crippen LogP contribution in [0.25, 0.3) is 16.8 Å². The maximum Gasteiger partial charge on any atom is 0.159 e. The Balaban J connectivity index is 1.93. The number of nitrogens with zero attached hydrogens (tertiary/aromatic N) is 2. The third kappa shape index (κ3) is 2.75. The molecule has 23 heavy (non-hydrogen) atoms. The quantitative estimate of drug-likeness (QED) is 0.836. The fraction of sp³-hybridized carbons (Fsp3) is 0.125. The zero-order valence-corrected chi connectivity index (χ0v) is 12.8. The van der Waals surface area contributed by atoms with Crippen molar-refractivity contribution in [3.63, 3.8) is 0 Å². The van der Waals surface area contributed by atoms with Gasteiger partial charge in [-0.1, -0.05) is 6.08 Å². The third-order valence-electron chi connectivity index (χ3n) is 3.47. The van der Waals surface area contributed by atoms with E-state index in [1.165, 1.54) is 17.4 Å². The van der Waals surface area contributed by atoms with Gasteiger partial charge in [-0.05, 0) is 18.2 Å². The van der Waals surface area contributed by atoms with Gasteiger partial charge in [-0.2, -0.15) is 0 Å². The lowest BCUT2D eigenvalue weighted by molar-refractivity contribution is 0.362. The molecule has 118 valence electrons. The van der Waals surface area contributed by atoms with Crippen LogP contribution in [0.2, 0.25) is 0 Å². The lowest BCUT2D eigenvalue weighted by atomic mass is 10.1. The van der Waals surface area contributed by atoms with Gasteiger partial charge in [-0.3, -0.25) is 5.41 Å². The van der Waals surface area contributed by atoms with Crippen molar-refractivity contribution in [2.24, 2.45) is 0 Å². The molecule has 0 radical (unpaired) electrons. The molecule has 2 N–H and O–H groups in total. The Bertz CT molecular complexity index is 828. The predicted molar refractivity (Wildman–Crippen MR) is 86.5 cm³/mol. The van der Waals surface area contributed by atoms with Crippen molar-refractivity contribution in [1.29, 1.82) is 5.41 Å². The number of aliphatic hydroxyl groups excluding tert-OH is 1. The van der Waals surface area contributed by atoms with Gasteiger partial charge in [-0.25, -0.2) is 13.8 Å². The number of hydrogen-bond donors (Lipinski definition) is 2. The molecule has 1 aliphatic heterocycles. The van der Waals surface area contributed by atoms with Crippen LogP contribution in [0.5, 0.6) is 0 Å². The van der Waals surface area contributed by atoms with Gasteiger partial charge in [-0.15, -0.1) is 17.9 Å². The van der Waals surface area contributed by atoms with E-state index in [0.29, 0.717) is 28.4 Å². The number of nitrogens with one attached hydrogen (secondary N) is 1. The first kappa shape index (κ1) is 15.4. The van der Waals surface area contributed by atoms with Crippen LogP contribution in [-0.2, 0) is 0 Å². The molecule has 0 saturated carbocycles. The minimum Gasteiger partial charge on any atom is -0.510 e. The van der Waals surface area contributed by atoms with Gasteiger partial charge < -0.3 is 10.0 Å². The Hall–Kier alpha value is -2.54. The van der Waals surface area contributed by atoms with E-state index in [0.717, 1.165) is 12.1 Å². The number of thiazole rings is 1. The van der Waals surface area contributed by atoms with Gasteiger partial charge >= 0.3 is 0 Å². The van der Waals surface area contributed by atoms with Gasteiger partial charge in [0.15, 0.2) is 11.6 Å². The Kier molecular flexibility index (Phi) is 3.96. The maximum absolute atomic E-state index is 13.3. The average molecular weight is 333 g/mol. The molecule has 7 heteroatoms. The first-order chi connectivity index (χ1) is 11.0. The molecule has 0 spiro atoms. The van der Waals surface area contributed by atoms with Crippen molar-refractivity contribution < 1.29 is 13.9 Å². The highest BCUT2D eigenvalue weighted by atomic mass is 32.1. The topological polar surface area (TPSA) is 60.2 Å². The Morgan fingerprint density at radius 2 is 2.17 bits per heavy atom. The van der Waals surface area contributed by atoms with Crippen LogP contribution < -0.4 is 0 Å². The molecular weight excluding hydrogens is 320 g/mol. The van der Waals surface area contributed by atoms with Crippen LogP contribution >= 0.6 is 11.3 Å². The van der Waals surface area contributed by atoms with Crippen molar-refractivity contribution >= 4 is 22.7 Å². The van der Waals surface area contributed by atoms with Gasteiger partial charge in [0.25, 0.3) is 0 Å². The number of halogens is 2. The fourth-order valence-electron chi connectivity index (χ4n) is 2.35. The first-order valence-electron chi connectivity index (χ1n) is 6.79. The SMILES string of the molecule is C=CCN1CC(O)=C(c2nc(-c3ccc(F)c(F)c3)cs2)C1=N. The number of hydrogen-bond acceptors (Lipinski definition) is 4. The van der Waals surface area contributed by atoms with E-state index in [9.17, 15) is 13.9 Å². The Labute approximate surface area is 135 Å². The van der Waals surface area contributed by atoms with Crippen molar-refractivity contribution in [3.8, 4) is 11.3 Å². The van der Waals surface area contributed by atoms with Gasteiger partial charge in [0.2, 0.25) is 0 Å². The lowest BCUT2D eigenvalue weighted by Gasteiger charge is -2.15. The van der Waals surface area contributed by atoms with Gasteiger partial charge in [0.05, 0.1) is 17.8 Å². The zero-order chi connectivity index (χ0) is 16.6. The molecule has 1 aromatic heterocycles. The van der Waals surface area contributed by atoms with Crippen molar-refractivity contribution in [3.05, 3.63) is 58.6 Å². The summed E-state index contributed by atoms with van der Waals surface area (Å²) < 4.78 is 26.3. The molecule has 2 aromatic rings.